The number of carbonyl (C=O) groups excluding carboxylic acids is 1. The van der Waals surface area contributed by atoms with Gasteiger partial charge >= 0.3 is 6.18 Å². The highest BCUT2D eigenvalue weighted by molar-refractivity contribution is 5.73. The van der Waals surface area contributed by atoms with Crippen LogP contribution in [0.1, 0.15) is 44.2 Å². The van der Waals surface area contributed by atoms with Crippen molar-refractivity contribution in [2.45, 2.75) is 50.4 Å². The zero-order valence-corrected chi connectivity index (χ0v) is 12.8. The molecule has 0 aromatic heterocycles. The summed E-state index contributed by atoms with van der Waals surface area (Å²) in [5, 5.41) is 13.0. The van der Waals surface area contributed by atoms with Gasteiger partial charge in [0.1, 0.15) is 5.75 Å². The first-order valence-corrected chi connectivity index (χ1v) is 7.46. The van der Waals surface area contributed by atoms with Crippen LogP contribution < -0.4 is 10.1 Å². The van der Waals surface area contributed by atoms with Crippen molar-refractivity contribution in [3.63, 3.8) is 0 Å². The lowest BCUT2D eigenvalue weighted by Gasteiger charge is -2.39. The number of carbonyl (C=O) groups is 1. The van der Waals surface area contributed by atoms with Gasteiger partial charge in [-0.15, -0.1) is 0 Å². The molecule has 0 heterocycles. The fourth-order valence-electron chi connectivity index (χ4n) is 2.65. The predicted octanol–water partition coefficient (Wildman–Crippen LogP) is 3.11. The SMILES string of the molecule is CC(=O)N[C@@H](CC1(O)CCC1)c1cccc(OCC(F)(F)F)c1. The Morgan fingerprint density at radius 2 is 2.13 bits per heavy atom. The zero-order valence-electron chi connectivity index (χ0n) is 12.8. The molecule has 2 N–H and O–H groups in total. The molecule has 0 bridgehead atoms. The predicted molar refractivity (Wildman–Crippen MR) is 78.0 cm³/mol. The van der Waals surface area contributed by atoms with E-state index in [1.807, 2.05) is 0 Å². The highest BCUT2D eigenvalue weighted by Gasteiger charge is 2.37. The van der Waals surface area contributed by atoms with E-state index in [2.05, 4.69) is 5.32 Å². The lowest BCUT2D eigenvalue weighted by molar-refractivity contribution is -0.153. The number of rotatable bonds is 6. The van der Waals surface area contributed by atoms with Gasteiger partial charge in [0.2, 0.25) is 5.91 Å². The summed E-state index contributed by atoms with van der Waals surface area (Å²) in [5.41, 5.74) is -0.212. The van der Waals surface area contributed by atoms with Crippen LogP contribution in [0.4, 0.5) is 13.2 Å². The molecular weight excluding hydrogens is 311 g/mol. The third-order valence-electron chi connectivity index (χ3n) is 3.91. The van der Waals surface area contributed by atoms with Gasteiger partial charge in [-0.2, -0.15) is 13.2 Å². The molecule has 1 saturated carbocycles. The van der Waals surface area contributed by atoms with E-state index in [4.69, 9.17) is 4.74 Å². The minimum atomic E-state index is -4.41. The van der Waals surface area contributed by atoms with Crippen LogP contribution in [0.2, 0.25) is 0 Å². The van der Waals surface area contributed by atoms with E-state index in [1.54, 1.807) is 12.1 Å². The third-order valence-corrected chi connectivity index (χ3v) is 3.91. The molecule has 128 valence electrons. The molecule has 1 fully saturated rings. The number of hydrogen-bond acceptors (Lipinski definition) is 3. The molecule has 4 nitrogen and oxygen atoms in total. The summed E-state index contributed by atoms with van der Waals surface area (Å²) < 4.78 is 41.4. The second kappa shape index (κ2) is 6.78. The summed E-state index contributed by atoms with van der Waals surface area (Å²) in [5.74, 6) is -0.185. The normalized spacial score (nSPS) is 18.0. The van der Waals surface area contributed by atoms with E-state index in [9.17, 15) is 23.1 Å². The average molecular weight is 331 g/mol. The van der Waals surface area contributed by atoms with Gasteiger partial charge in [-0.25, -0.2) is 0 Å². The largest absolute Gasteiger partial charge is 0.484 e. The van der Waals surface area contributed by atoms with E-state index in [-0.39, 0.29) is 11.7 Å². The molecule has 2 rings (SSSR count). The number of ether oxygens (including phenoxy) is 1. The minimum absolute atomic E-state index is 0.0794. The molecule has 1 atom stereocenters. The Balaban J connectivity index is 2.12. The summed E-state index contributed by atoms with van der Waals surface area (Å²) in [6, 6.07) is 5.70. The fourth-order valence-corrected chi connectivity index (χ4v) is 2.65. The van der Waals surface area contributed by atoms with E-state index >= 15 is 0 Å². The van der Waals surface area contributed by atoms with E-state index in [0.717, 1.165) is 6.42 Å². The number of benzene rings is 1. The quantitative estimate of drug-likeness (QED) is 0.842. The van der Waals surface area contributed by atoms with Crippen molar-refractivity contribution in [3.8, 4) is 5.75 Å². The number of hydrogen-bond donors (Lipinski definition) is 2. The van der Waals surface area contributed by atoms with Crippen LogP contribution in [0, 0.1) is 0 Å². The molecule has 7 heteroatoms. The van der Waals surface area contributed by atoms with Gasteiger partial charge in [-0.1, -0.05) is 12.1 Å². The molecule has 0 radical (unpaired) electrons. The Kier molecular flexibility index (Phi) is 5.19. The van der Waals surface area contributed by atoms with Crippen LogP contribution >= 0.6 is 0 Å². The number of aliphatic hydroxyl groups is 1. The third kappa shape index (κ3) is 5.42. The first-order chi connectivity index (χ1) is 10.7. The topological polar surface area (TPSA) is 58.6 Å². The Morgan fingerprint density at radius 3 is 2.65 bits per heavy atom. The maximum absolute atomic E-state index is 12.2. The van der Waals surface area contributed by atoms with Crippen molar-refractivity contribution >= 4 is 5.91 Å². The van der Waals surface area contributed by atoms with Crippen LogP contribution in [-0.4, -0.2) is 29.4 Å². The maximum Gasteiger partial charge on any atom is 0.422 e. The summed E-state index contributed by atoms with van der Waals surface area (Å²) >= 11 is 0. The number of halogens is 3. The molecule has 1 aliphatic carbocycles. The molecule has 1 aromatic rings. The molecule has 0 saturated heterocycles. The van der Waals surface area contributed by atoms with E-state index < -0.39 is 24.4 Å². The first kappa shape index (κ1) is 17.6. The average Bonchev–Trinajstić information content (AvgIpc) is 2.42. The Labute approximate surface area is 132 Å². The number of alkyl halides is 3. The van der Waals surface area contributed by atoms with Gasteiger partial charge in [-0.3, -0.25) is 4.79 Å². The van der Waals surface area contributed by atoms with Crippen molar-refractivity contribution in [1.82, 2.24) is 5.32 Å². The summed E-state index contributed by atoms with van der Waals surface area (Å²) in [6.45, 7) is -0.00693. The van der Waals surface area contributed by atoms with Gasteiger partial charge in [0.15, 0.2) is 6.61 Å². The highest BCUT2D eigenvalue weighted by Crippen LogP contribution is 2.39. The summed E-state index contributed by atoms with van der Waals surface area (Å²) in [7, 11) is 0. The Morgan fingerprint density at radius 1 is 1.43 bits per heavy atom. The summed E-state index contributed by atoms with van der Waals surface area (Å²) in [4.78, 5) is 11.4. The van der Waals surface area contributed by atoms with Crippen LogP contribution in [0.3, 0.4) is 0 Å². The second-order valence-electron chi connectivity index (χ2n) is 6.01. The van der Waals surface area contributed by atoms with Gasteiger partial charge in [-0.05, 0) is 37.0 Å². The van der Waals surface area contributed by atoms with Crippen molar-refractivity contribution in [2.75, 3.05) is 6.61 Å². The molecule has 0 aliphatic heterocycles. The Bertz CT molecular complexity index is 556. The summed E-state index contributed by atoms with van der Waals surface area (Å²) in [6.07, 6.45) is -1.83. The molecular formula is C16H20F3NO3. The molecule has 0 unspecified atom stereocenters. The molecule has 0 spiro atoms. The zero-order chi connectivity index (χ0) is 17.1. The Hall–Kier alpha value is -1.76. The lowest BCUT2D eigenvalue weighted by Crippen LogP contribution is -2.41. The van der Waals surface area contributed by atoms with Crippen LogP contribution in [0.25, 0.3) is 0 Å². The van der Waals surface area contributed by atoms with Gasteiger partial charge in [0.25, 0.3) is 0 Å². The first-order valence-electron chi connectivity index (χ1n) is 7.46. The minimum Gasteiger partial charge on any atom is -0.484 e. The van der Waals surface area contributed by atoms with Gasteiger partial charge in [0, 0.05) is 13.3 Å². The number of nitrogens with one attached hydrogen (secondary N) is 1. The molecule has 1 aromatic carbocycles. The highest BCUT2D eigenvalue weighted by atomic mass is 19.4. The van der Waals surface area contributed by atoms with Crippen molar-refractivity contribution in [2.24, 2.45) is 0 Å². The van der Waals surface area contributed by atoms with Crippen LogP contribution in [0.15, 0.2) is 24.3 Å². The molecule has 1 aliphatic rings. The number of amides is 1. The smallest absolute Gasteiger partial charge is 0.422 e. The fraction of sp³-hybridized carbons (Fsp3) is 0.562. The van der Waals surface area contributed by atoms with Crippen molar-refractivity contribution < 1.29 is 27.8 Å². The molecule has 23 heavy (non-hydrogen) atoms. The second-order valence-corrected chi connectivity index (χ2v) is 6.01. The van der Waals surface area contributed by atoms with Gasteiger partial charge < -0.3 is 15.2 Å². The lowest BCUT2D eigenvalue weighted by atomic mass is 9.75. The maximum atomic E-state index is 12.2. The van der Waals surface area contributed by atoms with E-state index in [1.165, 1.54) is 19.1 Å². The standard InChI is InChI=1S/C16H20F3NO3/c1-11(21)20-14(9-15(22)6-3-7-15)12-4-2-5-13(8-12)23-10-16(17,18)19/h2,4-5,8,14,22H,3,6-7,9-10H2,1H3,(H,20,21)/t14-/m0/s1. The van der Waals surface area contributed by atoms with Crippen LogP contribution in [0.5, 0.6) is 5.75 Å². The monoisotopic (exact) mass is 331 g/mol. The van der Waals surface area contributed by atoms with Crippen molar-refractivity contribution in [1.29, 1.82) is 0 Å². The van der Waals surface area contributed by atoms with Gasteiger partial charge in [0.05, 0.1) is 11.6 Å². The van der Waals surface area contributed by atoms with Crippen molar-refractivity contribution in [3.05, 3.63) is 29.8 Å². The van der Waals surface area contributed by atoms with Crippen LogP contribution in [-0.2, 0) is 4.79 Å². The van der Waals surface area contributed by atoms with E-state index in [0.29, 0.717) is 24.8 Å². The molecule has 1 amide bonds.